The fourth-order valence-electron chi connectivity index (χ4n) is 2.80. The lowest BCUT2D eigenvalue weighted by Crippen LogP contribution is -2.03. The van der Waals surface area contributed by atoms with Gasteiger partial charge < -0.3 is 9.47 Å². The standard InChI is InChI=1S/C18H16N2O4/c1-23-16-8-7-13(17(20(21)22)18(16)24-2)11-15-14-6-4-3-5-12(14)9-10-19-15/h3-10H,11H2,1-2H3. The van der Waals surface area contributed by atoms with Crippen molar-refractivity contribution in [3.05, 3.63) is 70.0 Å². The molecule has 0 fully saturated rings. The molecule has 0 bridgehead atoms. The molecule has 2 aromatic carbocycles. The zero-order valence-corrected chi connectivity index (χ0v) is 13.4. The fourth-order valence-corrected chi connectivity index (χ4v) is 2.80. The monoisotopic (exact) mass is 324 g/mol. The van der Waals surface area contributed by atoms with Gasteiger partial charge in [0.25, 0.3) is 0 Å². The second-order valence-corrected chi connectivity index (χ2v) is 5.22. The van der Waals surface area contributed by atoms with Crippen molar-refractivity contribution in [2.75, 3.05) is 14.2 Å². The summed E-state index contributed by atoms with van der Waals surface area (Å²) in [6, 6.07) is 13.1. The van der Waals surface area contributed by atoms with Crippen LogP contribution in [-0.4, -0.2) is 24.1 Å². The van der Waals surface area contributed by atoms with Crippen LogP contribution in [-0.2, 0) is 6.42 Å². The van der Waals surface area contributed by atoms with Crippen LogP contribution in [0.5, 0.6) is 11.5 Å². The molecule has 3 rings (SSSR count). The van der Waals surface area contributed by atoms with Crippen molar-refractivity contribution >= 4 is 16.5 Å². The van der Waals surface area contributed by atoms with Crippen molar-refractivity contribution in [1.29, 1.82) is 0 Å². The first kappa shape index (κ1) is 15.7. The molecule has 1 aromatic heterocycles. The van der Waals surface area contributed by atoms with Crippen molar-refractivity contribution in [2.24, 2.45) is 0 Å². The van der Waals surface area contributed by atoms with Gasteiger partial charge in [-0.2, -0.15) is 0 Å². The maximum absolute atomic E-state index is 11.6. The number of hydrogen-bond acceptors (Lipinski definition) is 5. The number of benzene rings is 2. The summed E-state index contributed by atoms with van der Waals surface area (Å²) in [5.74, 6) is 0.457. The lowest BCUT2D eigenvalue weighted by molar-refractivity contribution is -0.386. The SMILES string of the molecule is COc1ccc(Cc2nccc3ccccc23)c([N+](=O)[O-])c1OC. The van der Waals surface area contributed by atoms with Crippen molar-refractivity contribution in [1.82, 2.24) is 4.98 Å². The molecule has 0 N–H and O–H groups in total. The highest BCUT2D eigenvalue weighted by Crippen LogP contribution is 2.40. The van der Waals surface area contributed by atoms with E-state index in [0.717, 1.165) is 16.5 Å². The number of ether oxygens (including phenoxy) is 2. The van der Waals surface area contributed by atoms with Gasteiger partial charge in [0.2, 0.25) is 5.75 Å². The van der Waals surface area contributed by atoms with E-state index in [1.54, 1.807) is 18.3 Å². The average molecular weight is 324 g/mol. The summed E-state index contributed by atoms with van der Waals surface area (Å²) in [4.78, 5) is 15.5. The van der Waals surface area contributed by atoms with Gasteiger partial charge in [0.15, 0.2) is 5.75 Å². The molecular weight excluding hydrogens is 308 g/mol. The Morgan fingerprint density at radius 3 is 2.58 bits per heavy atom. The number of hydrogen-bond donors (Lipinski definition) is 0. The Morgan fingerprint density at radius 2 is 1.88 bits per heavy atom. The van der Waals surface area contributed by atoms with Crippen LogP contribution in [0, 0.1) is 10.1 Å². The topological polar surface area (TPSA) is 74.5 Å². The Balaban J connectivity index is 2.14. The Kier molecular flexibility index (Phi) is 4.29. The van der Waals surface area contributed by atoms with Crippen LogP contribution >= 0.6 is 0 Å². The van der Waals surface area contributed by atoms with E-state index in [9.17, 15) is 10.1 Å². The maximum Gasteiger partial charge on any atom is 0.318 e. The molecule has 6 nitrogen and oxygen atoms in total. The van der Waals surface area contributed by atoms with E-state index in [2.05, 4.69) is 4.98 Å². The van der Waals surface area contributed by atoms with E-state index in [4.69, 9.17) is 9.47 Å². The molecule has 0 unspecified atom stereocenters. The molecule has 0 aliphatic heterocycles. The third-order valence-corrected chi connectivity index (χ3v) is 3.90. The number of aromatic nitrogens is 1. The summed E-state index contributed by atoms with van der Waals surface area (Å²) in [6.07, 6.45) is 2.04. The lowest BCUT2D eigenvalue weighted by atomic mass is 10.0. The number of fused-ring (bicyclic) bond motifs is 1. The van der Waals surface area contributed by atoms with Gasteiger partial charge >= 0.3 is 5.69 Å². The van der Waals surface area contributed by atoms with Crippen molar-refractivity contribution in [3.8, 4) is 11.5 Å². The van der Waals surface area contributed by atoms with Gasteiger partial charge in [0, 0.05) is 23.6 Å². The molecule has 24 heavy (non-hydrogen) atoms. The van der Waals surface area contributed by atoms with Gasteiger partial charge in [0.05, 0.1) is 24.8 Å². The van der Waals surface area contributed by atoms with E-state index in [-0.39, 0.29) is 11.4 Å². The Labute approximate surface area is 138 Å². The van der Waals surface area contributed by atoms with Gasteiger partial charge in [-0.05, 0) is 23.6 Å². The van der Waals surface area contributed by atoms with Gasteiger partial charge in [0.1, 0.15) is 0 Å². The lowest BCUT2D eigenvalue weighted by Gasteiger charge is -2.11. The summed E-state index contributed by atoms with van der Waals surface area (Å²) in [7, 11) is 2.85. The van der Waals surface area contributed by atoms with E-state index >= 15 is 0 Å². The van der Waals surface area contributed by atoms with Crippen molar-refractivity contribution in [2.45, 2.75) is 6.42 Å². The van der Waals surface area contributed by atoms with Gasteiger partial charge in [-0.15, -0.1) is 0 Å². The zero-order valence-electron chi connectivity index (χ0n) is 13.4. The normalized spacial score (nSPS) is 10.6. The number of pyridine rings is 1. The summed E-state index contributed by atoms with van der Waals surface area (Å²) in [5.41, 5.74) is 1.22. The smallest absolute Gasteiger partial charge is 0.318 e. The third-order valence-electron chi connectivity index (χ3n) is 3.90. The highest BCUT2D eigenvalue weighted by atomic mass is 16.6. The number of methoxy groups -OCH3 is 2. The van der Waals surface area contributed by atoms with Crippen molar-refractivity contribution in [3.63, 3.8) is 0 Å². The quantitative estimate of drug-likeness (QED) is 0.528. The molecule has 0 amide bonds. The minimum atomic E-state index is -0.443. The number of nitro groups is 1. The van der Waals surface area contributed by atoms with Crippen LogP contribution in [0.1, 0.15) is 11.3 Å². The number of nitro benzene ring substituents is 1. The van der Waals surface area contributed by atoms with E-state index in [0.29, 0.717) is 17.7 Å². The van der Waals surface area contributed by atoms with Gasteiger partial charge in [-0.3, -0.25) is 15.1 Å². The first-order valence-electron chi connectivity index (χ1n) is 7.36. The number of rotatable bonds is 5. The molecular formula is C18H16N2O4. The fraction of sp³-hybridized carbons (Fsp3) is 0.167. The van der Waals surface area contributed by atoms with E-state index in [1.807, 2.05) is 30.3 Å². The van der Waals surface area contributed by atoms with Crippen LogP contribution in [0.15, 0.2) is 48.7 Å². The molecule has 0 aliphatic carbocycles. The molecule has 0 spiro atoms. The summed E-state index contributed by atoms with van der Waals surface area (Å²) in [5, 5.41) is 13.6. The van der Waals surface area contributed by atoms with E-state index in [1.165, 1.54) is 14.2 Å². The van der Waals surface area contributed by atoms with Gasteiger partial charge in [-0.25, -0.2) is 0 Å². The molecule has 3 aromatic rings. The highest BCUT2D eigenvalue weighted by molar-refractivity contribution is 5.84. The summed E-state index contributed by atoms with van der Waals surface area (Å²) < 4.78 is 10.4. The Hall–Kier alpha value is -3.15. The molecule has 1 heterocycles. The van der Waals surface area contributed by atoms with Crippen molar-refractivity contribution < 1.29 is 14.4 Å². The second kappa shape index (κ2) is 6.54. The number of nitrogens with zero attached hydrogens (tertiary/aromatic N) is 2. The average Bonchev–Trinajstić information content (AvgIpc) is 2.61. The molecule has 0 aliphatic rings. The molecule has 122 valence electrons. The zero-order chi connectivity index (χ0) is 17.1. The third kappa shape index (κ3) is 2.74. The minimum Gasteiger partial charge on any atom is -0.493 e. The highest BCUT2D eigenvalue weighted by Gasteiger charge is 2.25. The predicted octanol–water partition coefficient (Wildman–Crippen LogP) is 3.75. The van der Waals surface area contributed by atoms with Crippen LogP contribution in [0.3, 0.4) is 0 Å². The van der Waals surface area contributed by atoms with Crippen LogP contribution < -0.4 is 9.47 Å². The Morgan fingerprint density at radius 1 is 1.08 bits per heavy atom. The molecule has 0 saturated carbocycles. The maximum atomic E-state index is 11.6. The van der Waals surface area contributed by atoms with E-state index < -0.39 is 4.92 Å². The van der Waals surface area contributed by atoms with Crippen LogP contribution in [0.2, 0.25) is 0 Å². The van der Waals surface area contributed by atoms with Gasteiger partial charge in [-0.1, -0.05) is 24.3 Å². The summed E-state index contributed by atoms with van der Waals surface area (Å²) >= 11 is 0. The Bertz CT molecular complexity index is 903. The molecule has 0 saturated heterocycles. The molecule has 6 heteroatoms. The molecule has 0 atom stereocenters. The molecule has 0 radical (unpaired) electrons. The first-order valence-corrected chi connectivity index (χ1v) is 7.36. The first-order chi connectivity index (χ1) is 11.7. The second-order valence-electron chi connectivity index (χ2n) is 5.22. The minimum absolute atomic E-state index is 0.0911. The predicted molar refractivity (Wildman–Crippen MR) is 90.7 cm³/mol. The van der Waals surface area contributed by atoms with Crippen LogP contribution in [0.4, 0.5) is 5.69 Å². The largest absolute Gasteiger partial charge is 0.493 e. The van der Waals surface area contributed by atoms with Crippen LogP contribution in [0.25, 0.3) is 10.8 Å². The summed E-state index contributed by atoms with van der Waals surface area (Å²) in [6.45, 7) is 0.